The zero-order valence-electron chi connectivity index (χ0n) is 15.3. The molecule has 0 saturated carbocycles. The Morgan fingerprint density at radius 1 is 1.19 bits per heavy atom. The molecule has 6 heteroatoms. The van der Waals surface area contributed by atoms with Crippen LogP contribution in [0.1, 0.15) is 44.1 Å². The lowest BCUT2D eigenvalue weighted by atomic mass is 9.83. The van der Waals surface area contributed by atoms with E-state index in [1.54, 1.807) is 11.3 Å². The van der Waals surface area contributed by atoms with E-state index in [0.717, 1.165) is 68.2 Å². The Morgan fingerprint density at radius 3 is 2.96 bits per heavy atom. The molecule has 0 radical (unpaired) electrons. The van der Waals surface area contributed by atoms with Gasteiger partial charge in [0.15, 0.2) is 0 Å². The molecule has 1 aromatic heterocycles. The fourth-order valence-corrected chi connectivity index (χ4v) is 5.54. The van der Waals surface area contributed by atoms with Crippen molar-refractivity contribution in [3.63, 3.8) is 0 Å². The van der Waals surface area contributed by atoms with Crippen molar-refractivity contribution in [2.75, 3.05) is 26.3 Å². The van der Waals surface area contributed by atoms with Crippen molar-refractivity contribution in [1.29, 1.82) is 0 Å². The number of piperidine rings is 1. The van der Waals surface area contributed by atoms with Gasteiger partial charge in [-0.15, -0.1) is 11.3 Å². The van der Waals surface area contributed by atoms with Crippen molar-refractivity contribution in [1.82, 2.24) is 10.6 Å². The molecule has 5 rings (SSSR count). The number of ether oxygens (including phenoxy) is 2. The first-order valence-corrected chi connectivity index (χ1v) is 10.6. The number of thiophene rings is 1. The number of nitrogens with one attached hydrogen (secondary N) is 2. The van der Waals surface area contributed by atoms with Gasteiger partial charge in [-0.3, -0.25) is 4.79 Å². The van der Waals surface area contributed by atoms with Crippen LogP contribution < -0.4 is 15.4 Å². The monoisotopic (exact) mass is 384 g/mol. The Labute approximate surface area is 163 Å². The second kappa shape index (κ2) is 6.93. The second-order valence-electron chi connectivity index (χ2n) is 7.51. The molecule has 3 aliphatic rings. The van der Waals surface area contributed by atoms with Crippen molar-refractivity contribution in [3.05, 3.63) is 50.7 Å². The summed E-state index contributed by atoms with van der Waals surface area (Å²) in [6, 6.07) is 8.25. The number of amides is 1. The van der Waals surface area contributed by atoms with E-state index >= 15 is 0 Å². The molecule has 0 aliphatic carbocycles. The van der Waals surface area contributed by atoms with Crippen LogP contribution in [0.5, 0.6) is 5.75 Å². The van der Waals surface area contributed by atoms with Gasteiger partial charge in [0.1, 0.15) is 5.75 Å². The lowest BCUT2D eigenvalue weighted by molar-refractivity contribution is -0.0792. The highest BCUT2D eigenvalue weighted by Crippen LogP contribution is 2.43. The summed E-state index contributed by atoms with van der Waals surface area (Å²) in [5.41, 5.74) is 3.42. The molecule has 2 N–H and O–H groups in total. The van der Waals surface area contributed by atoms with Gasteiger partial charge in [-0.2, -0.15) is 0 Å². The van der Waals surface area contributed by atoms with E-state index in [-0.39, 0.29) is 11.5 Å². The predicted molar refractivity (Wildman–Crippen MR) is 105 cm³/mol. The predicted octanol–water partition coefficient (Wildman–Crippen LogP) is 2.76. The van der Waals surface area contributed by atoms with Crippen LogP contribution in [-0.4, -0.2) is 32.2 Å². The second-order valence-corrected chi connectivity index (χ2v) is 8.65. The van der Waals surface area contributed by atoms with Crippen molar-refractivity contribution in [2.24, 2.45) is 0 Å². The fourth-order valence-electron chi connectivity index (χ4n) is 4.39. The lowest BCUT2D eigenvalue weighted by Gasteiger charge is -2.40. The number of rotatable bonds is 3. The summed E-state index contributed by atoms with van der Waals surface area (Å²) in [7, 11) is 0. The van der Waals surface area contributed by atoms with Gasteiger partial charge in [0.25, 0.3) is 5.91 Å². The van der Waals surface area contributed by atoms with Gasteiger partial charge in [-0.1, -0.05) is 12.1 Å². The van der Waals surface area contributed by atoms with E-state index in [1.165, 1.54) is 16.0 Å². The van der Waals surface area contributed by atoms with Gasteiger partial charge in [0.2, 0.25) is 0 Å². The van der Waals surface area contributed by atoms with Crippen LogP contribution in [0, 0.1) is 0 Å². The summed E-state index contributed by atoms with van der Waals surface area (Å²) in [5, 5.41) is 6.49. The maximum atomic E-state index is 12.8. The Bertz CT molecular complexity index is 870. The minimum absolute atomic E-state index is 0.00947. The first-order valence-electron chi connectivity index (χ1n) is 9.74. The molecule has 142 valence electrons. The van der Waals surface area contributed by atoms with Gasteiger partial charge >= 0.3 is 0 Å². The molecule has 3 aliphatic heterocycles. The molecule has 5 nitrogen and oxygen atoms in total. The third kappa shape index (κ3) is 3.16. The van der Waals surface area contributed by atoms with Crippen molar-refractivity contribution < 1.29 is 14.3 Å². The molecule has 0 atom stereocenters. The number of carbonyl (C=O) groups is 1. The van der Waals surface area contributed by atoms with Crippen molar-refractivity contribution >= 4 is 17.2 Å². The highest BCUT2D eigenvalue weighted by atomic mass is 32.1. The minimum Gasteiger partial charge on any atom is -0.493 e. The van der Waals surface area contributed by atoms with Gasteiger partial charge in [-0.05, 0) is 54.8 Å². The third-order valence-corrected chi connectivity index (χ3v) is 7.04. The van der Waals surface area contributed by atoms with E-state index in [9.17, 15) is 4.79 Å². The highest BCUT2D eigenvalue weighted by Gasteiger charge is 2.40. The SMILES string of the molecule is O=C(NCc1ccc2c(c1)CCO2)c1cc2c(s1)CCOC21CCNCC1. The van der Waals surface area contributed by atoms with E-state index in [0.29, 0.717) is 6.54 Å². The number of benzene rings is 1. The zero-order valence-corrected chi connectivity index (χ0v) is 16.1. The maximum Gasteiger partial charge on any atom is 0.261 e. The number of fused-ring (bicyclic) bond motifs is 3. The van der Waals surface area contributed by atoms with Gasteiger partial charge in [0, 0.05) is 24.3 Å². The Kier molecular flexibility index (Phi) is 4.42. The topological polar surface area (TPSA) is 59.6 Å². The fraction of sp³-hybridized carbons (Fsp3) is 0.476. The van der Waals surface area contributed by atoms with Crippen LogP contribution in [0.15, 0.2) is 24.3 Å². The molecule has 2 aromatic rings. The molecular weight excluding hydrogens is 360 g/mol. The first-order chi connectivity index (χ1) is 13.2. The molecule has 1 fully saturated rings. The van der Waals surface area contributed by atoms with Crippen LogP contribution in [-0.2, 0) is 29.7 Å². The number of hydrogen-bond donors (Lipinski definition) is 2. The smallest absolute Gasteiger partial charge is 0.261 e. The van der Waals surface area contributed by atoms with Gasteiger partial charge < -0.3 is 20.1 Å². The Balaban J connectivity index is 1.31. The summed E-state index contributed by atoms with van der Waals surface area (Å²) in [4.78, 5) is 14.9. The largest absolute Gasteiger partial charge is 0.493 e. The zero-order chi connectivity index (χ0) is 18.3. The third-order valence-electron chi connectivity index (χ3n) is 5.85. The number of hydrogen-bond acceptors (Lipinski definition) is 5. The summed E-state index contributed by atoms with van der Waals surface area (Å²) >= 11 is 1.63. The number of carbonyl (C=O) groups excluding carboxylic acids is 1. The first kappa shape index (κ1) is 17.2. The molecule has 1 amide bonds. The van der Waals surface area contributed by atoms with Crippen molar-refractivity contribution in [3.8, 4) is 5.75 Å². The van der Waals surface area contributed by atoms with Crippen LogP contribution in [0.25, 0.3) is 0 Å². The maximum absolute atomic E-state index is 12.8. The highest BCUT2D eigenvalue weighted by molar-refractivity contribution is 7.14. The van der Waals surface area contributed by atoms with Crippen LogP contribution >= 0.6 is 11.3 Å². The summed E-state index contributed by atoms with van der Waals surface area (Å²) in [6.07, 6.45) is 3.82. The van der Waals surface area contributed by atoms with Crippen LogP contribution in [0.2, 0.25) is 0 Å². The Hall–Kier alpha value is -1.89. The van der Waals surface area contributed by atoms with E-state index < -0.39 is 0 Å². The van der Waals surface area contributed by atoms with E-state index in [2.05, 4.69) is 22.8 Å². The summed E-state index contributed by atoms with van der Waals surface area (Å²) in [5.74, 6) is 0.985. The molecule has 1 aromatic carbocycles. The molecule has 27 heavy (non-hydrogen) atoms. The van der Waals surface area contributed by atoms with Gasteiger partial charge in [-0.25, -0.2) is 0 Å². The van der Waals surface area contributed by atoms with Crippen LogP contribution in [0.4, 0.5) is 0 Å². The van der Waals surface area contributed by atoms with Crippen molar-refractivity contribution in [2.45, 2.75) is 37.8 Å². The van der Waals surface area contributed by atoms with E-state index in [1.807, 2.05) is 12.1 Å². The average Bonchev–Trinajstić information content (AvgIpc) is 3.34. The molecular formula is C21H24N2O3S. The van der Waals surface area contributed by atoms with Crippen LogP contribution in [0.3, 0.4) is 0 Å². The lowest BCUT2D eigenvalue weighted by Crippen LogP contribution is -2.44. The molecule has 4 heterocycles. The summed E-state index contributed by atoms with van der Waals surface area (Å²) in [6.45, 7) is 4.00. The normalized spacial score (nSPS) is 20.0. The van der Waals surface area contributed by atoms with E-state index in [4.69, 9.17) is 9.47 Å². The standard InChI is InChI=1S/C21H24N2O3S/c24-20(23-13-14-1-2-17-15(11-14)3-9-25-17)19-12-16-18(27-19)4-10-26-21(16)5-7-22-8-6-21/h1-2,11-12,22H,3-10,13H2,(H,23,24). The van der Waals surface area contributed by atoms with Gasteiger partial charge in [0.05, 0.1) is 23.7 Å². The minimum atomic E-state index is -0.187. The summed E-state index contributed by atoms with van der Waals surface area (Å²) < 4.78 is 11.8. The molecule has 0 bridgehead atoms. The Morgan fingerprint density at radius 2 is 2.07 bits per heavy atom. The molecule has 1 spiro atoms. The quantitative estimate of drug-likeness (QED) is 0.854. The average molecular weight is 385 g/mol. The molecule has 0 unspecified atom stereocenters. The molecule has 1 saturated heterocycles.